The zero-order valence-electron chi connectivity index (χ0n) is 77.0. The van der Waals surface area contributed by atoms with Gasteiger partial charge in [0.25, 0.3) is 35.4 Å². The number of amides is 9. The molecule has 0 saturated heterocycles. The normalized spacial score (nSPS) is 11.3. The standard InChI is InChI=1S/C91H117FN22O21/c1-59-48-63(92)49-60(2)81(59)135-73-19-14-62(91(4,5)125)50-69(73)114-54-61(3)80(118)79-70(114)53-68(103-79)85(119)100-64-15-17-67(18-16-64)134-47-46-133-45-44-132-43-42-131-41-40-130-39-38-129-37-36-128-35-34-127-33-32-126-31-28-94-76(115)20-24-98-88(122)83-106-74(57-111(83)8)104-78(117)22-26-97-87(121)72-52-66(56-113(72)29-13-11-10-12-23-99-108-93)102-90(124)84-107-75(58-112(84)9)105-77(116)21-25-96-86(120)71-51-65(55-110(71)7)101-89(123)82-95-27-30-109(82)6/h14-19,27,30,48-58,103,125H,10-13,20-26,28-29,31-47H2,1-9H3,(H,94,115)(H,96,120)(H,97,121)(H,98,122)(H,100,119)(H,101,123)(H,102,124)(H,104,117)(H,105,116). The van der Waals surface area contributed by atoms with Crippen LogP contribution in [0.1, 0.15) is 144 Å². The molecule has 135 heavy (non-hydrogen) atoms. The fourth-order valence-electron chi connectivity index (χ4n) is 13.7. The van der Waals surface area contributed by atoms with Crippen LogP contribution >= 0.6 is 0 Å². The Labute approximate surface area is 777 Å². The van der Waals surface area contributed by atoms with E-state index >= 15 is 0 Å². The van der Waals surface area contributed by atoms with E-state index in [1.165, 1.54) is 56.6 Å². The highest BCUT2D eigenvalue weighted by Crippen LogP contribution is 2.38. The Morgan fingerprint density at radius 1 is 0.496 bits per heavy atom. The average Bonchev–Trinajstić information content (AvgIpc) is 1.63. The van der Waals surface area contributed by atoms with Crippen LogP contribution in [0.3, 0.4) is 0 Å². The number of halogens is 1. The number of unbranched alkanes of at least 4 members (excludes halogenated alkanes) is 3. The summed E-state index contributed by atoms with van der Waals surface area (Å²) in [6.07, 6.45) is 13.3. The Morgan fingerprint density at radius 2 is 1.00 bits per heavy atom. The van der Waals surface area contributed by atoms with Crippen molar-refractivity contribution in [2.45, 2.75) is 91.7 Å². The first kappa shape index (κ1) is 103. The molecule has 0 saturated carbocycles. The van der Waals surface area contributed by atoms with E-state index < -0.39 is 58.7 Å². The zero-order valence-corrected chi connectivity index (χ0v) is 77.0. The highest BCUT2D eigenvalue weighted by molar-refractivity contribution is 6.07. The SMILES string of the molecule is Cc1cc(F)cc(C)c1Oc1ccc(C(C)(C)O)cc1-n1cc(C)c(=O)c2[nH]c(C(=O)Nc3ccc(OCCOCCOCCOCCOCCOCCOCCOCCOCCNC(=O)CCNC(=O)c4nc(NC(=O)CCNC(=O)c5cc(NC(=O)c6nc(NC(=O)CCNC(=O)c7cc(NC(=O)c8nccn8C)cn7C)cn6C)cn5CCCCCCN=[N+]=[N-])cn4C)cc3)cc21. The molecule has 3 aromatic carbocycles. The number of azide groups is 1. The molecular weight excluding hydrogens is 1760 g/mol. The molecule has 0 aliphatic heterocycles. The number of carbonyl (C=O) groups excluding carboxylic acids is 9. The summed E-state index contributed by atoms with van der Waals surface area (Å²) in [6, 6.07) is 19.3. The molecule has 9 amide bonds. The van der Waals surface area contributed by atoms with E-state index in [2.05, 4.69) is 77.8 Å². The molecule has 724 valence electrons. The lowest BCUT2D eigenvalue weighted by molar-refractivity contribution is -0.121. The van der Waals surface area contributed by atoms with Crippen LogP contribution < -0.4 is 62.8 Å². The Kier molecular flexibility index (Phi) is 40.1. The molecule has 43 nitrogen and oxygen atoms in total. The molecule has 11 N–H and O–H groups in total. The van der Waals surface area contributed by atoms with Crippen molar-refractivity contribution in [2.24, 2.45) is 33.3 Å². The second-order valence-corrected chi connectivity index (χ2v) is 31.6. The predicted molar refractivity (Wildman–Crippen MR) is 495 cm³/mol. The van der Waals surface area contributed by atoms with Gasteiger partial charge in [-0.2, -0.15) is 0 Å². The number of anilines is 5. The number of pyridine rings is 1. The summed E-state index contributed by atoms with van der Waals surface area (Å²) in [6.45, 7) is 15.3. The largest absolute Gasteiger partial charge is 0.491 e. The van der Waals surface area contributed by atoms with Gasteiger partial charge in [-0.3, -0.25) is 47.9 Å². The number of H-pyrrole nitrogens is 1. The van der Waals surface area contributed by atoms with E-state index in [0.717, 1.165) is 12.8 Å². The molecule has 7 heterocycles. The number of nitrogens with zero attached hydrogens (tertiary/aromatic N) is 12. The minimum absolute atomic E-state index is 0.00118. The van der Waals surface area contributed by atoms with Crippen molar-refractivity contribution in [1.29, 1.82) is 0 Å². The summed E-state index contributed by atoms with van der Waals surface area (Å²) < 4.78 is 80.4. The van der Waals surface area contributed by atoms with E-state index in [1.54, 1.807) is 150 Å². The molecule has 44 heteroatoms. The molecule has 0 unspecified atom stereocenters. The van der Waals surface area contributed by atoms with Crippen molar-refractivity contribution in [3.63, 3.8) is 0 Å². The molecule has 10 aromatic rings. The maximum atomic E-state index is 14.3. The summed E-state index contributed by atoms with van der Waals surface area (Å²) in [4.78, 5) is 150. The number of ether oxygens (including phenoxy) is 10. The first-order chi connectivity index (χ1) is 65.0. The fraction of sp³-hybridized carbons (Fsp3) is 0.440. The van der Waals surface area contributed by atoms with Gasteiger partial charge < -0.3 is 133 Å². The molecule has 0 aliphatic carbocycles. The van der Waals surface area contributed by atoms with Gasteiger partial charge >= 0.3 is 0 Å². The molecule has 0 fully saturated rings. The number of hydrogen-bond donors (Lipinski definition) is 11. The molecule has 7 aromatic heterocycles. The van der Waals surface area contributed by atoms with Gasteiger partial charge in [0.1, 0.15) is 46.5 Å². The summed E-state index contributed by atoms with van der Waals surface area (Å²) in [7, 11) is 6.43. The molecule has 0 atom stereocenters. The third-order valence-corrected chi connectivity index (χ3v) is 20.5. The molecule has 0 aliphatic rings. The van der Waals surface area contributed by atoms with Gasteiger partial charge in [0.15, 0.2) is 23.2 Å². The number of rotatable bonds is 59. The first-order valence-electron chi connectivity index (χ1n) is 44.0. The van der Waals surface area contributed by atoms with Crippen LogP contribution in [0.2, 0.25) is 0 Å². The second-order valence-electron chi connectivity index (χ2n) is 31.6. The van der Waals surface area contributed by atoms with Crippen molar-refractivity contribution in [3.05, 3.63) is 199 Å². The lowest BCUT2D eigenvalue weighted by atomic mass is 9.97. The zero-order chi connectivity index (χ0) is 96.8. The molecule has 0 spiro atoms. The van der Waals surface area contributed by atoms with Gasteiger partial charge in [0, 0.05) is 146 Å². The number of benzene rings is 3. The average molecular weight is 1870 g/mol. The number of imidazole rings is 3. The van der Waals surface area contributed by atoms with Crippen LogP contribution in [0.15, 0.2) is 126 Å². The maximum absolute atomic E-state index is 14.3. The van der Waals surface area contributed by atoms with Gasteiger partial charge in [0.2, 0.25) is 34.8 Å². The predicted octanol–water partition coefficient (Wildman–Crippen LogP) is 8.34. The van der Waals surface area contributed by atoms with Crippen LogP contribution in [0.25, 0.3) is 27.2 Å². The summed E-state index contributed by atoms with van der Waals surface area (Å²) in [5, 5.41) is 39.0. The highest BCUT2D eigenvalue weighted by Gasteiger charge is 2.27. The number of aryl methyl sites for hydroxylation is 8. The second kappa shape index (κ2) is 52.5. The maximum Gasteiger partial charge on any atom is 0.291 e. The Bertz CT molecular complexity index is 5780. The van der Waals surface area contributed by atoms with Crippen LogP contribution in [-0.2, 0) is 92.6 Å². The van der Waals surface area contributed by atoms with Crippen LogP contribution in [0, 0.1) is 26.6 Å². The number of fused-ring (bicyclic) bond motifs is 1. The fourth-order valence-corrected chi connectivity index (χ4v) is 13.7. The highest BCUT2D eigenvalue weighted by atomic mass is 19.1. The van der Waals surface area contributed by atoms with Gasteiger partial charge in [-0.1, -0.05) is 24.0 Å². The number of nitrogens with one attached hydrogen (secondary N) is 10. The van der Waals surface area contributed by atoms with Gasteiger partial charge in [0.05, 0.1) is 134 Å². The summed E-state index contributed by atoms with van der Waals surface area (Å²) in [5.74, 6) is -3.33. The minimum Gasteiger partial charge on any atom is -0.491 e. The molecule has 0 radical (unpaired) electrons. The lowest BCUT2D eigenvalue weighted by Gasteiger charge is -2.22. The molecule has 0 bridgehead atoms. The van der Waals surface area contributed by atoms with Crippen LogP contribution in [-0.4, -0.2) is 251 Å². The smallest absolute Gasteiger partial charge is 0.291 e. The van der Waals surface area contributed by atoms with Crippen molar-refractivity contribution in [3.8, 4) is 22.9 Å². The van der Waals surface area contributed by atoms with Crippen molar-refractivity contribution in [1.82, 2.24) is 68.6 Å². The lowest BCUT2D eigenvalue weighted by Crippen LogP contribution is -2.33. The number of hydrogen-bond acceptors (Lipinski definition) is 25. The number of aromatic amines is 1. The van der Waals surface area contributed by atoms with E-state index in [9.17, 15) is 57.4 Å². The minimum atomic E-state index is -1.23. The Balaban J connectivity index is 0.497. The van der Waals surface area contributed by atoms with Crippen molar-refractivity contribution in [2.75, 3.05) is 172 Å². The van der Waals surface area contributed by atoms with Crippen LogP contribution in [0.4, 0.5) is 33.1 Å². The van der Waals surface area contributed by atoms with E-state index in [-0.39, 0.29) is 127 Å². The summed E-state index contributed by atoms with van der Waals surface area (Å²) in [5.41, 5.74) is 11.9. The van der Waals surface area contributed by atoms with Crippen molar-refractivity contribution >= 4 is 92.9 Å². The quantitative estimate of drug-likeness (QED) is 0.00738. The Morgan fingerprint density at radius 3 is 1.56 bits per heavy atom. The topological polar surface area (TPSA) is 524 Å². The van der Waals surface area contributed by atoms with Crippen molar-refractivity contribution < 1.29 is 100 Å². The third kappa shape index (κ3) is 32.5. The summed E-state index contributed by atoms with van der Waals surface area (Å²) >= 11 is 0. The number of aromatic nitrogens is 10. The van der Waals surface area contributed by atoms with Gasteiger partial charge in [-0.15, -0.1) is 0 Å². The van der Waals surface area contributed by atoms with Gasteiger partial charge in [-0.05, 0) is 136 Å². The first-order valence-corrected chi connectivity index (χ1v) is 44.0. The number of carbonyl (C=O) groups is 9. The van der Waals surface area contributed by atoms with Crippen LogP contribution in [0.5, 0.6) is 17.2 Å². The monoisotopic (exact) mass is 1870 g/mol. The third-order valence-electron chi connectivity index (χ3n) is 20.5. The van der Waals surface area contributed by atoms with E-state index in [4.69, 9.17) is 52.9 Å². The number of aliphatic hydroxyl groups is 1. The molecule has 10 rings (SSSR count). The van der Waals surface area contributed by atoms with Gasteiger partial charge in [-0.25, -0.2) is 19.3 Å². The van der Waals surface area contributed by atoms with E-state index in [1.807, 2.05) is 0 Å². The van der Waals surface area contributed by atoms with E-state index in [0.29, 0.717) is 187 Å². The Hall–Kier alpha value is -14.0. The molecular formula is C91H117FN22O21.